The molecule has 0 aliphatic heterocycles. The summed E-state index contributed by atoms with van der Waals surface area (Å²) in [6.07, 6.45) is 0. The van der Waals surface area contributed by atoms with E-state index in [1.807, 2.05) is 0 Å². The van der Waals surface area contributed by atoms with Gasteiger partial charge < -0.3 is 10.1 Å². The Morgan fingerprint density at radius 2 is 1.81 bits per heavy atom. The van der Waals surface area contributed by atoms with Gasteiger partial charge in [-0.1, -0.05) is 6.07 Å². The van der Waals surface area contributed by atoms with Gasteiger partial charge in [0, 0.05) is 5.69 Å². The zero-order chi connectivity index (χ0) is 15.4. The average Bonchev–Trinajstić information content (AvgIpc) is 2.50. The number of carbonyl (C=O) groups excluding carboxylic acids is 2. The quantitative estimate of drug-likeness (QED) is 0.859. The maximum Gasteiger partial charge on any atom is 0.337 e. The molecule has 21 heavy (non-hydrogen) atoms. The summed E-state index contributed by atoms with van der Waals surface area (Å²) in [6.45, 7) is 0. The van der Waals surface area contributed by atoms with E-state index in [0.717, 1.165) is 0 Å². The van der Waals surface area contributed by atoms with Crippen molar-refractivity contribution in [1.29, 1.82) is 0 Å². The number of nitrogens with one attached hydrogen (secondary N) is 1. The molecule has 6 heteroatoms. The number of rotatable bonds is 3. The topological polar surface area (TPSA) is 55.4 Å². The van der Waals surface area contributed by atoms with Crippen molar-refractivity contribution in [3.63, 3.8) is 0 Å². The summed E-state index contributed by atoms with van der Waals surface area (Å²) in [6, 6.07) is 10.4. The van der Waals surface area contributed by atoms with Gasteiger partial charge in [0.15, 0.2) is 0 Å². The molecule has 0 aliphatic rings. The predicted octanol–water partition coefficient (Wildman–Crippen LogP) is 3.63. The van der Waals surface area contributed by atoms with Crippen LogP contribution in [0.2, 0.25) is 0 Å². The number of hydrogen-bond acceptors (Lipinski definition) is 3. The molecular formula is C15H11BrFNO3. The molecule has 1 N–H and O–H groups in total. The highest BCUT2D eigenvalue weighted by Crippen LogP contribution is 2.21. The molecule has 4 nitrogen and oxygen atoms in total. The Morgan fingerprint density at radius 3 is 2.43 bits per heavy atom. The number of halogens is 2. The van der Waals surface area contributed by atoms with Crippen LogP contribution >= 0.6 is 15.9 Å². The molecule has 2 rings (SSSR count). The van der Waals surface area contributed by atoms with Crippen LogP contribution in [0.15, 0.2) is 46.9 Å². The average molecular weight is 352 g/mol. The van der Waals surface area contributed by atoms with E-state index in [-0.39, 0.29) is 10.0 Å². The van der Waals surface area contributed by atoms with Crippen LogP contribution in [0.4, 0.5) is 10.1 Å². The maximum absolute atomic E-state index is 13.4. The van der Waals surface area contributed by atoms with Gasteiger partial charge in [-0.3, -0.25) is 4.79 Å². The summed E-state index contributed by atoms with van der Waals surface area (Å²) in [5.41, 5.74) is 1.05. The Morgan fingerprint density at radius 1 is 1.14 bits per heavy atom. The van der Waals surface area contributed by atoms with Crippen molar-refractivity contribution in [3.8, 4) is 0 Å². The molecule has 108 valence electrons. The molecule has 0 radical (unpaired) electrons. The molecule has 1 amide bonds. The van der Waals surface area contributed by atoms with Gasteiger partial charge in [0.25, 0.3) is 5.91 Å². The van der Waals surface area contributed by atoms with Crippen LogP contribution in [0.5, 0.6) is 0 Å². The third kappa shape index (κ3) is 3.46. The lowest BCUT2D eigenvalue weighted by atomic mass is 10.2. The van der Waals surface area contributed by atoms with Crippen LogP contribution in [-0.4, -0.2) is 19.0 Å². The van der Waals surface area contributed by atoms with Crippen LogP contribution in [0.1, 0.15) is 20.7 Å². The lowest BCUT2D eigenvalue weighted by molar-refractivity contribution is 0.0600. The number of methoxy groups -OCH3 is 1. The number of hydrogen-bond donors (Lipinski definition) is 1. The highest BCUT2D eigenvalue weighted by Gasteiger charge is 2.13. The summed E-state index contributed by atoms with van der Waals surface area (Å²) < 4.78 is 18.1. The summed E-state index contributed by atoms with van der Waals surface area (Å²) in [5, 5.41) is 2.62. The number of esters is 1. The summed E-state index contributed by atoms with van der Waals surface area (Å²) in [4.78, 5) is 23.4. The van der Waals surface area contributed by atoms with Gasteiger partial charge in [-0.15, -0.1) is 0 Å². The van der Waals surface area contributed by atoms with Crippen molar-refractivity contribution < 1.29 is 18.7 Å². The number of anilines is 1. The number of amides is 1. The van der Waals surface area contributed by atoms with E-state index in [2.05, 4.69) is 26.0 Å². The molecule has 0 saturated carbocycles. The molecule has 0 aromatic heterocycles. The number of carbonyl (C=O) groups is 2. The molecule has 0 bridgehead atoms. The van der Waals surface area contributed by atoms with E-state index in [0.29, 0.717) is 11.3 Å². The highest BCUT2D eigenvalue weighted by molar-refractivity contribution is 9.10. The van der Waals surface area contributed by atoms with Crippen molar-refractivity contribution in [2.45, 2.75) is 0 Å². The van der Waals surface area contributed by atoms with Gasteiger partial charge in [-0.2, -0.15) is 0 Å². The van der Waals surface area contributed by atoms with E-state index >= 15 is 0 Å². The normalized spacial score (nSPS) is 10.0. The third-order valence-electron chi connectivity index (χ3n) is 2.76. The minimum absolute atomic E-state index is 0.105. The Balaban J connectivity index is 2.16. The van der Waals surface area contributed by atoms with Gasteiger partial charge in [-0.05, 0) is 52.3 Å². The van der Waals surface area contributed by atoms with Crippen LogP contribution in [0.3, 0.4) is 0 Å². The Labute approximate surface area is 129 Å². The first-order valence-corrected chi connectivity index (χ1v) is 6.76. The first kappa shape index (κ1) is 15.2. The SMILES string of the molecule is COC(=O)c1ccc(NC(=O)c2cccc(F)c2Br)cc1. The van der Waals surface area contributed by atoms with Crippen molar-refractivity contribution >= 4 is 33.5 Å². The molecule has 2 aromatic rings. The fourth-order valence-corrected chi connectivity index (χ4v) is 2.13. The zero-order valence-corrected chi connectivity index (χ0v) is 12.6. The van der Waals surface area contributed by atoms with E-state index in [4.69, 9.17) is 0 Å². The smallest absolute Gasteiger partial charge is 0.337 e. The maximum atomic E-state index is 13.4. The predicted molar refractivity (Wildman–Crippen MR) is 79.8 cm³/mol. The first-order valence-electron chi connectivity index (χ1n) is 5.96. The van der Waals surface area contributed by atoms with Gasteiger partial charge in [-0.25, -0.2) is 9.18 Å². The fourth-order valence-electron chi connectivity index (χ4n) is 1.69. The van der Waals surface area contributed by atoms with Crippen LogP contribution in [-0.2, 0) is 4.74 Å². The Kier molecular flexibility index (Phi) is 4.70. The molecule has 0 atom stereocenters. The van der Waals surface area contributed by atoms with E-state index in [1.165, 1.54) is 37.4 Å². The van der Waals surface area contributed by atoms with Crippen molar-refractivity contribution in [1.82, 2.24) is 0 Å². The molecule has 0 unspecified atom stereocenters. The lowest BCUT2D eigenvalue weighted by Crippen LogP contribution is -2.13. The third-order valence-corrected chi connectivity index (χ3v) is 3.57. The van der Waals surface area contributed by atoms with Crippen LogP contribution in [0.25, 0.3) is 0 Å². The van der Waals surface area contributed by atoms with Crippen LogP contribution in [0, 0.1) is 5.82 Å². The Hall–Kier alpha value is -2.21. The second kappa shape index (κ2) is 6.49. The van der Waals surface area contributed by atoms with Crippen LogP contribution < -0.4 is 5.32 Å². The van der Waals surface area contributed by atoms with Crippen molar-refractivity contribution in [2.24, 2.45) is 0 Å². The van der Waals surface area contributed by atoms with Gasteiger partial charge in [0.05, 0.1) is 22.7 Å². The highest BCUT2D eigenvalue weighted by atomic mass is 79.9. The molecule has 0 aliphatic carbocycles. The van der Waals surface area contributed by atoms with E-state index in [9.17, 15) is 14.0 Å². The minimum atomic E-state index is -0.510. The molecular weight excluding hydrogens is 341 g/mol. The fraction of sp³-hybridized carbons (Fsp3) is 0.0667. The lowest BCUT2D eigenvalue weighted by Gasteiger charge is -2.08. The summed E-state index contributed by atoms with van der Waals surface area (Å²) in [7, 11) is 1.29. The summed E-state index contributed by atoms with van der Waals surface area (Å²) >= 11 is 3.04. The summed E-state index contributed by atoms with van der Waals surface area (Å²) in [5.74, 6) is -1.42. The van der Waals surface area contributed by atoms with E-state index < -0.39 is 17.7 Å². The molecule has 0 heterocycles. The molecule has 0 spiro atoms. The van der Waals surface area contributed by atoms with Crippen molar-refractivity contribution in [2.75, 3.05) is 12.4 Å². The Bertz CT molecular complexity index is 686. The number of ether oxygens (including phenoxy) is 1. The number of benzene rings is 2. The van der Waals surface area contributed by atoms with Crippen molar-refractivity contribution in [3.05, 3.63) is 63.9 Å². The second-order valence-corrected chi connectivity index (χ2v) is 4.92. The first-order chi connectivity index (χ1) is 10.0. The molecule has 0 fully saturated rings. The largest absolute Gasteiger partial charge is 0.465 e. The van der Waals surface area contributed by atoms with Gasteiger partial charge in [0.1, 0.15) is 5.82 Å². The molecule has 0 saturated heterocycles. The monoisotopic (exact) mass is 351 g/mol. The standard InChI is InChI=1S/C15H11BrFNO3/c1-21-15(20)9-5-7-10(8-6-9)18-14(19)11-3-2-4-12(17)13(11)16/h2-8H,1H3,(H,18,19). The van der Waals surface area contributed by atoms with Gasteiger partial charge >= 0.3 is 5.97 Å². The molecule has 2 aromatic carbocycles. The zero-order valence-electron chi connectivity index (χ0n) is 11.0. The van der Waals surface area contributed by atoms with E-state index in [1.54, 1.807) is 12.1 Å². The second-order valence-electron chi connectivity index (χ2n) is 4.12. The minimum Gasteiger partial charge on any atom is -0.465 e. The van der Waals surface area contributed by atoms with Gasteiger partial charge in [0.2, 0.25) is 0 Å².